The van der Waals surface area contributed by atoms with Gasteiger partial charge in [0.15, 0.2) is 0 Å². The van der Waals surface area contributed by atoms with Crippen LogP contribution in [0.15, 0.2) is 10.9 Å². The van der Waals surface area contributed by atoms with Crippen molar-refractivity contribution in [2.45, 2.75) is 78.3 Å². The van der Waals surface area contributed by atoms with E-state index in [1.54, 1.807) is 6.07 Å². The number of aromatic amines is 1. The van der Waals surface area contributed by atoms with Crippen LogP contribution in [-0.2, 0) is 13.1 Å². The quantitative estimate of drug-likeness (QED) is 0.788. The van der Waals surface area contributed by atoms with E-state index >= 15 is 0 Å². The monoisotopic (exact) mass is 412 g/mol. The number of nitrogens with zero attached hydrogens (tertiary/aromatic N) is 5. The molecule has 0 radical (unpaired) electrons. The molecule has 0 amide bonds. The summed E-state index contributed by atoms with van der Waals surface area (Å²) >= 11 is 0. The van der Waals surface area contributed by atoms with E-state index in [9.17, 15) is 4.79 Å². The van der Waals surface area contributed by atoms with Gasteiger partial charge in [-0.15, -0.1) is 0 Å². The highest BCUT2D eigenvalue weighted by atomic mass is 16.1. The molecule has 0 saturated carbocycles. The second kappa shape index (κ2) is 9.33. The number of H-pyrrole nitrogens is 1. The van der Waals surface area contributed by atoms with Crippen LogP contribution < -0.4 is 10.5 Å². The average Bonchev–Trinajstić information content (AvgIpc) is 3.02. The van der Waals surface area contributed by atoms with Crippen molar-refractivity contribution >= 4 is 5.95 Å². The first-order valence-corrected chi connectivity index (χ1v) is 11.7. The Kier molecular flexibility index (Phi) is 6.56. The third-order valence-electron chi connectivity index (χ3n) is 6.68. The maximum atomic E-state index is 12.4. The normalized spacial score (nSPS) is 20.6. The smallest absolute Gasteiger partial charge is 0.252 e. The van der Waals surface area contributed by atoms with Crippen LogP contribution >= 0.6 is 0 Å². The molecule has 0 unspecified atom stereocenters. The molecule has 4 rings (SSSR count). The fourth-order valence-electron chi connectivity index (χ4n) is 4.98. The second-order valence-corrected chi connectivity index (χ2v) is 8.99. The Bertz CT molecular complexity index is 911. The summed E-state index contributed by atoms with van der Waals surface area (Å²) in [6, 6.07) is 1.72. The highest BCUT2D eigenvalue weighted by Gasteiger charge is 2.25. The predicted molar refractivity (Wildman–Crippen MR) is 120 cm³/mol. The molecule has 0 aliphatic carbocycles. The van der Waals surface area contributed by atoms with Gasteiger partial charge >= 0.3 is 0 Å². The zero-order valence-corrected chi connectivity index (χ0v) is 18.8. The predicted octanol–water partition coefficient (Wildman–Crippen LogP) is 3.36. The molecule has 30 heavy (non-hydrogen) atoms. The summed E-state index contributed by atoms with van der Waals surface area (Å²) in [6.07, 6.45) is 6.95. The van der Waals surface area contributed by atoms with Gasteiger partial charge in [-0.2, -0.15) is 5.10 Å². The van der Waals surface area contributed by atoms with Gasteiger partial charge in [-0.3, -0.25) is 19.4 Å². The summed E-state index contributed by atoms with van der Waals surface area (Å²) in [5, 5.41) is 4.74. The average molecular weight is 413 g/mol. The highest BCUT2D eigenvalue weighted by molar-refractivity contribution is 5.32. The topological polar surface area (TPSA) is 70.1 Å². The van der Waals surface area contributed by atoms with Gasteiger partial charge in [0.2, 0.25) is 5.95 Å². The lowest BCUT2D eigenvalue weighted by atomic mass is 9.94. The Morgan fingerprint density at radius 3 is 2.70 bits per heavy atom. The van der Waals surface area contributed by atoms with Crippen molar-refractivity contribution in [2.24, 2.45) is 0 Å². The van der Waals surface area contributed by atoms with Crippen LogP contribution in [0.5, 0.6) is 0 Å². The third kappa shape index (κ3) is 4.61. The number of rotatable bonds is 6. The van der Waals surface area contributed by atoms with Gasteiger partial charge in [-0.25, -0.2) is 4.98 Å². The molecule has 1 N–H and O–H groups in total. The maximum Gasteiger partial charge on any atom is 0.252 e. The third-order valence-corrected chi connectivity index (χ3v) is 6.68. The van der Waals surface area contributed by atoms with E-state index in [-0.39, 0.29) is 5.56 Å². The first kappa shape index (κ1) is 21.1. The fourth-order valence-corrected chi connectivity index (χ4v) is 4.98. The van der Waals surface area contributed by atoms with E-state index < -0.39 is 0 Å². The fraction of sp³-hybridized carbons (Fsp3) is 0.696. The SMILES string of the molecule is CCCn1nc(C)c(CN2CCC[C@H](c3cc(=O)[nH]c(N4CCCCC4)n3)C2)c1C. The molecule has 7 heteroatoms. The molecule has 4 heterocycles. The molecule has 0 aromatic carbocycles. The van der Waals surface area contributed by atoms with E-state index in [0.29, 0.717) is 5.92 Å². The lowest BCUT2D eigenvalue weighted by Crippen LogP contribution is -2.36. The van der Waals surface area contributed by atoms with E-state index in [1.165, 1.54) is 30.5 Å². The van der Waals surface area contributed by atoms with Crippen LogP contribution in [-0.4, -0.2) is 50.8 Å². The van der Waals surface area contributed by atoms with E-state index in [4.69, 9.17) is 10.1 Å². The summed E-state index contributed by atoms with van der Waals surface area (Å²) < 4.78 is 2.15. The van der Waals surface area contributed by atoms with Gasteiger partial charge in [0.1, 0.15) is 0 Å². The number of hydrogen-bond donors (Lipinski definition) is 1. The van der Waals surface area contributed by atoms with Crippen molar-refractivity contribution in [3.63, 3.8) is 0 Å². The van der Waals surface area contributed by atoms with Crippen molar-refractivity contribution < 1.29 is 0 Å². The number of aryl methyl sites for hydroxylation is 2. The Morgan fingerprint density at radius 1 is 1.13 bits per heavy atom. The summed E-state index contributed by atoms with van der Waals surface area (Å²) in [6.45, 7) is 12.4. The molecule has 164 valence electrons. The molecule has 2 aliphatic heterocycles. The van der Waals surface area contributed by atoms with Crippen LogP contribution in [0.2, 0.25) is 0 Å². The molecule has 2 aliphatic rings. The van der Waals surface area contributed by atoms with Crippen molar-refractivity contribution in [3.8, 4) is 0 Å². The standard InChI is InChI=1S/C23H36N6O/c1-4-10-29-18(3)20(17(2)26-29)16-27-11-8-9-19(15-27)21-14-22(30)25-23(24-21)28-12-6-5-7-13-28/h14,19H,4-13,15-16H2,1-3H3,(H,24,25,30)/t19-/m0/s1. The Morgan fingerprint density at radius 2 is 1.93 bits per heavy atom. The minimum Gasteiger partial charge on any atom is -0.342 e. The van der Waals surface area contributed by atoms with Crippen LogP contribution in [0.4, 0.5) is 5.95 Å². The van der Waals surface area contributed by atoms with Gasteiger partial charge in [0.25, 0.3) is 5.56 Å². The summed E-state index contributed by atoms with van der Waals surface area (Å²) in [5.74, 6) is 1.08. The summed E-state index contributed by atoms with van der Waals surface area (Å²) in [4.78, 5) is 25.0. The molecule has 2 aromatic heterocycles. The molecule has 0 bridgehead atoms. The van der Waals surface area contributed by atoms with Gasteiger partial charge in [-0.1, -0.05) is 6.92 Å². The molecular weight excluding hydrogens is 376 g/mol. The Labute approximate surface area is 179 Å². The van der Waals surface area contributed by atoms with Crippen LogP contribution in [0.25, 0.3) is 0 Å². The van der Waals surface area contributed by atoms with Crippen LogP contribution in [0.3, 0.4) is 0 Å². The van der Waals surface area contributed by atoms with Crippen molar-refractivity contribution in [2.75, 3.05) is 31.1 Å². The van der Waals surface area contributed by atoms with Crippen molar-refractivity contribution in [3.05, 3.63) is 39.1 Å². The van der Waals surface area contributed by atoms with Gasteiger partial charge in [0.05, 0.1) is 11.4 Å². The molecule has 2 fully saturated rings. The summed E-state index contributed by atoms with van der Waals surface area (Å²) in [5.41, 5.74) is 4.73. The molecular formula is C23H36N6O. The van der Waals surface area contributed by atoms with E-state index in [0.717, 1.165) is 75.9 Å². The second-order valence-electron chi connectivity index (χ2n) is 8.99. The highest BCUT2D eigenvalue weighted by Crippen LogP contribution is 2.28. The number of aromatic nitrogens is 4. The number of likely N-dealkylation sites (tertiary alicyclic amines) is 1. The van der Waals surface area contributed by atoms with E-state index in [2.05, 4.69) is 40.2 Å². The minimum atomic E-state index is -0.0229. The zero-order valence-electron chi connectivity index (χ0n) is 18.8. The Hall–Kier alpha value is -2.15. The number of nitrogens with one attached hydrogen (secondary N) is 1. The Balaban J connectivity index is 1.49. The molecule has 1 atom stereocenters. The number of piperidine rings is 2. The van der Waals surface area contributed by atoms with Crippen molar-refractivity contribution in [1.82, 2.24) is 24.6 Å². The van der Waals surface area contributed by atoms with Crippen LogP contribution in [0.1, 0.15) is 74.0 Å². The first-order chi connectivity index (χ1) is 14.5. The summed E-state index contributed by atoms with van der Waals surface area (Å²) in [7, 11) is 0. The number of hydrogen-bond acceptors (Lipinski definition) is 5. The molecule has 2 aromatic rings. The largest absolute Gasteiger partial charge is 0.342 e. The van der Waals surface area contributed by atoms with E-state index in [1.807, 2.05) is 0 Å². The molecule has 7 nitrogen and oxygen atoms in total. The van der Waals surface area contributed by atoms with Gasteiger partial charge < -0.3 is 4.90 Å². The number of anilines is 1. The van der Waals surface area contributed by atoms with Crippen molar-refractivity contribution in [1.29, 1.82) is 0 Å². The van der Waals surface area contributed by atoms with Crippen LogP contribution in [0, 0.1) is 13.8 Å². The molecule has 0 spiro atoms. The zero-order chi connectivity index (χ0) is 21.1. The maximum absolute atomic E-state index is 12.4. The lowest BCUT2D eigenvalue weighted by molar-refractivity contribution is 0.197. The van der Waals surface area contributed by atoms with Gasteiger partial charge in [0, 0.05) is 56.0 Å². The molecule has 2 saturated heterocycles. The lowest BCUT2D eigenvalue weighted by Gasteiger charge is -2.33. The first-order valence-electron chi connectivity index (χ1n) is 11.7. The van der Waals surface area contributed by atoms with Gasteiger partial charge in [-0.05, 0) is 58.9 Å². The minimum absolute atomic E-state index is 0.0229.